The van der Waals surface area contributed by atoms with E-state index in [1.165, 1.54) is 29.5 Å². The van der Waals surface area contributed by atoms with E-state index in [0.29, 0.717) is 36.7 Å². The lowest BCUT2D eigenvalue weighted by Crippen LogP contribution is -2.14. The first-order valence-electron chi connectivity index (χ1n) is 10.5. The summed E-state index contributed by atoms with van der Waals surface area (Å²) in [6, 6.07) is 17.5. The summed E-state index contributed by atoms with van der Waals surface area (Å²) in [5.41, 5.74) is 1.30. The van der Waals surface area contributed by atoms with Crippen molar-refractivity contribution >= 4 is 84.3 Å². The number of halogens is 2. The molecule has 0 saturated heterocycles. The Labute approximate surface area is 226 Å². The zero-order valence-corrected chi connectivity index (χ0v) is 21.5. The smallest absolute Gasteiger partial charge is 0.269 e. The van der Waals surface area contributed by atoms with Gasteiger partial charge in [0.2, 0.25) is 5.13 Å². The third-order valence-electron chi connectivity index (χ3n) is 5.15. The zero-order valence-electron chi connectivity index (χ0n) is 18.4. The predicted octanol–water partition coefficient (Wildman–Crippen LogP) is 7.14. The molecule has 0 aliphatic carbocycles. The first-order valence-corrected chi connectivity index (χ1v) is 12.9. The summed E-state index contributed by atoms with van der Waals surface area (Å²) in [6.45, 7) is 0. The van der Waals surface area contributed by atoms with E-state index in [-0.39, 0.29) is 10.8 Å². The second-order valence-electron chi connectivity index (χ2n) is 7.59. The topological polar surface area (TPSA) is 127 Å². The summed E-state index contributed by atoms with van der Waals surface area (Å²) in [7, 11) is 0. The minimum absolute atomic E-state index is 0.0345. The predicted molar refractivity (Wildman–Crippen MR) is 146 cm³/mol. The number of anilines is 2. The number of benzene rings is 3. The number of fused-ring (bicyclic) bond motifs is 1. The normalized spacial score (nSPS) is 10.9. The van der Waals surface area contributed by atoms with Crippen LogP contribution in [0, 0.1) is 10.1 Å². The lowest BCUT2D eigenvalue weighted by molar-refractivity contribution is -0.384. The highest BCUT2D eigenvalue weighted by molar-refractivity contribution is 7.21. The molecule has 0 radical (unpaired) electrons. The first-order chi connectivity index (χ1) is 17.8. The molecule has 13 heteroatoms. The lowest BCUT2D eigenvalue weighted by atomic mass is 10.2. The first kappa shape index (κ1) is 24.8. The van der Waals surface area contributed by atoms with Crippen molar-refractivity contribution in [1.82, 2.24) is 10.2 Å². The Morgan fingerprint density at radius 3 is 2.43 bits per heavy atom. The number of carbonyl (C=O) groups is 2. The standard InChI is InChI=1S/C24H13Cl2N5O4S2/c25-14-6-9-17-18(11-14)36-20(19(17)26)22(33)27-15-3-1-2-13(10-15)21(32)28-24-30-29-23(37-24)12-4-7-16(8-5-12)31(34)35/h1-11H,(H,27,33)(H,28,30,32). The van der Waals surface area contributed by atoms with Crippen LogP contribution in [0.5, 0.6) is 0 Å². The van der Waals surface area contributed by atoms with Crippen molar-refractivity contribution in [3.8, 4) is 10.6 Å². The number of carbonyl (C=O) groups excluding carboxylic acids is 2. The molecule has 9 nitrogen and oxygen atoms in total. The van der Waals surface area contributed by atoms with E-state index in [1.807, 2.05) is 0 Å². The molecular formula is C24H13Cl2N5O4S2. The molecule has 2 N–H and O–H groups in total. The van der Waals surface area contributed by atoms with Crippen LogP contribution >= 0.6 is 45.9 Å². The Kier molecular flexibility index (Phi) is 6.85. The quantitative estimate of drug-likeness (QED) is 0.165. The van der Waals surface area contributed by atoms with Gasteiger partial charge in [-0.15, -0.1) is 21.5 Å². The number of non-ortho nitro benzene ring substituents is 1. The van der Waals surface area contributed by atoms with Crippen LogP contribution in [0.1, 0.15) is 20.0 Å². The van der Waals surface area contributed by atoms with Crippen molar-refractivity contribution in [1.29, 1.82) is 0 Å². The third-order valence-corrected chi connectivity index (χ3v) is 7.93. The highest BCUT2D eigenvalue weighted by Crippen LogP contribution is 2.37. The number of nitrogens with one attached hydrogen (secondary N) is 2. The maximum atomic E-state index is 12.9. The summed E-state index contributed by atoms with van der Waals surface area (Å²) >= 11 is 14.8. The van der Waals surface area contributed by atoms with Crippen LogP contribution in [-0.4, -0.2) is 26.9 Å². The molecular weight excluding hydrogens is 557 g/mol. The van der Waals surface area contributed by atoms with Crippen LogP contribution in [0.3, 0.4) is 0 Å². The summed E-state index contributed by atoms with van der Waals surface area (Å²) in [4.78, 5) is 36.4. The van der Waals surface area contributed by atoms with E-state index in [9.17, 15) is 19.7 Å². The van der Waals surface area contributed by atoms with Gasteiger partial charge in [-0.1, -0.05) is 46.7 Å². The maximum Gasteiger partial charge on any atom is 0.269 e. The summed E-state index contributed by atoms with van der Waals surface area (Å²) in [6.07, 6.45) is 0. The number of rotatable bonds is 6. The number of nitro benzene ring substituents is 1. The lowest BCUT2D eigenvalue weighted by Gasteiger charge is -2.07. The van der Waals surface area contributed by atoms with Gasteiger partial charge >= 0.3 is 0 Å². The van der Waals surface area contributed by atoms with E-state index in [1.54, 1.807) is 48.5 Å². The van der Waals surface area contributed by atoms with Gasteiger partial charge in [0, 0.05) is 44.1 Å². The number of hydrogen-bond donors (Lipinski definition) is 2. The summed E-state index contributed by atoms with van der Waals surface area (Å²) < 4.78 is 0.793. The maximum absolute atomic E-state index is 12.9. The molecule has 0 fully saturated rings. The Morgan fingerprint density at radius 2 is 1.68 bits per heavy atom. The van der Waals surface area contributed by atoms with Crippen LogP contribution in [0.4, 0.5) is 16.5 Å². The summed E-state index contributed by atoms with van der Waals surface area (Å²) in [5.74, 6) is -0.853. The molecule has 0 atom stereocenters. The molecule has 0 aliphatic rings. The minimum Gasteiger partial charge on any atom is -0.321 e. The van der Waals surface area contributed by atoms with Gasteiger partial charge < -0.3 is 5.32 Å². The van der Waals surface area contributed by atoms with Gasteiger partial charge in [0.1, 0.15) is 9.88 Å². The Balaban J connectivity index is 1.28. The Bertz CT molecular complexity index is 1680. The fourth-order valence-electron chi connectivity index (χ4n) is 3.40. The molecule has 0 aliphatic heterocycles. The molecule has 0 unspecified atom stereocenters. The van der Waals surface area contributed by atoms with E-state index < -0.39 is 16.7 Å². The van der Waals surface area contributed by atoms with Crippen molar-refractivity contribution in [2.75, 3.05) is 10.6 Å². The van der Waals surface area contributed by atoms with Crippen molar-refractivity contribution in [3.05, 3.63) is 97.3 Å². The molecule has 0 bridgehead atoms. The van der Waals surface area contributed by atoms with Crippen molar-refractivity contribution < 1.29 is 14.5 Å². The van der Waals surface area contributed by atoms with Crippen LogP contribution in [0.15, 0.2) is 66.7 Å². The highest BCUT2D eigenvalue weighted by Gasteiger charge is 2.18. The Morgan fingerprint density at radius 1 is 0.892 bits per heavy atom. The Hall–Kier alpha value is -3.90. The molecule has 2 heterocycles. The number of hydrogen-bond acceptors (Lipinski definition) is 8. The van der Waals surface area contributed by atoms with Crippen LogP contribution < -0.4 is 10.6 Å². The third kappa shape index (κ3) is 5.30. The molecule has 2 amide bonds. The second kappa shape index (κ2) is 10.2. The van der Waals surface area contributed by atoms with Gasteiger partial charge in [0.15, 0.2) is 0 Å². The monoisotopic (exact) mass is 569 g/mol. The van der Waals surface area contributed by atoms with Crippen molar-refractivity contribution in [2.45, 2.75) is 0 Å². The molecule has 0 saturated carbocycles. The molecule has 184 valence electrons. The molecule has 5 rings (SSSR count). The number of amides is 2. The number of thiophene rings is 1. The van der Waals surface area contributed by atoms with Crippen molar-refractivity contribution in [3.63, 3.8) is 0 Å². The fraction of sp³-hybridized carbons (Fsp3) is 0. The SMILES string of the molecule is O=C(Nc1nnc(-c2ccc([N+](=O)[O-])cc2)s1)c1cccc(NC(=O)c2sc3cc(Cl)ccc3c2Cl)c1. The van der Waals surface area contributed by atoms with Gasteiger partial charge in [0.05, 0.1) is 9.95 Å². The van der Waals surface area contributed by atoms with Crippen LogP contribution in [-0.2, 0) is 0 Å². The minimum atomic E-state index is -0.487. The average Bonchev–Trinajstić information content (AvgIpc) is 3.48. The van der Waals surface area contributed by atoms with Gasteiger partial charge in [-0.05, 0) is 42.5 Å². The van der Waals surface area contributed by atoms with Gasteiger partial charge in [-0.2, -0.15) is 0 Å². The van der Waals surface area contributed by atoms with Crippen molar-refractivity contribution in [2.24, 2.45) is 0 Å². The molecule has 37 heavy (non-hydrogen) atoms. The molecule has 5 aromatic rings. The zero-order chi connectivity index (χ0) is 26.1. The van der Waals surface area contributed by atoms with Gasteiger partial charge in [-0.25, -0.2) is 0 Å². The largest absolute Gasteiger partial charge is 0.321 e. The van der Waals surface area contributed by atoms with Gasteiger partial charge in [-0.3, -0.25) is 25.0 Å². The van der Waals surface area contributed by atoms with Crippen LogP contribution in [0.25, 0.3) is 20.7 Å². The number of nitro groups is 1. The molecule has 0 spiro atoms. The highest BCUT2D eigenvalue weighted by atomic mass is 35.5. The van der Waals surface area contributed by atoms with Crippen LogP contribution in [0.2, 0.25) is 10.0 Å². The molecule has 2 aromatic heterocycles. The number of aromatic nitrogens is 2. The van der Waals surface area contributed by atoms with E-state index in [2.05, 4.69) is 20.8 Å². The number of nitrogens with zero attached hydrogens (tertiary/aromatic N) is 3. The summed E-state index contributed by atoms with van der Waals surface area (Å²) in [5, 5.41) is 26.7. The van der Waals surface area contributed by atoms with Gasteiger partial charge in [0.25, 0.3) is 17.5 Å². The van der Waals surface area contributed by atoms with E-state index >= 15 is 0 Å². The molecule has 3 aromatic carbocycles. The average molecular weight is 570 g/mol. The van der Waals surface area contributed by atoms with E-state index in [0.717, 1.165) is 21.4 Å². The fourth-order valence-corrected chi connectivity index (χ4v) is 5.83. The second-order valence-corrected chi connectivity index (χ2v) is 10.4. The van der Waals surface area contributed by atoms with E-state index in [4.69, 9.17) is 23.2 Å².